The Labute approximate surface area is 299 Å². The number of para-hydroxylation sites is 1. The van der Waals surface area contributed by atoms with Crippen LogP contribution in [0.15, 0.2) is 170 Å². The van der Waals surface area contributed by atoms with Crippen LogP contribution in [-0.2, 0) is 0 Å². The Bertz CT molecular complexity index is 2900. The lowest BCUT2D eigenvalue weighted by atomic mass is 9.89. The van der Waals surface area contributed by atoms with Gasteiger partial charge in [-0.1, -0.05) is 103 Å². The molecule has 10 aromatic rings. The zero-order valence-electron chi connectivity index (χ0n) is 27.8. The molecule has 10 rings (SSSR count). The van der Waals surface area contributed by atoms with E-state index >= 15 is 0 Å². The van der Waals surface area contributed by atoms with Crippen LogP contribution >= 0.6 is 0 Å². The maximum absolute atomic E-state index is 5.37. The summed E-state index contributed by atoms with van der Waals surface area (Å²) in [5.41, 5.74) is 7.62. The minimum Gasteiger partial charge on any atom is -0.264 e. The second-order valence-electron chi connectivity index (χ2n) is 12.8. The highest BCUT2D eigenvalue weighted by Gasteiger charge is 2.18. The molecule has 0 aliphatic carbocycles. The highest BCUT2D eigenvalue weighted by molar-refractivity contribution is 6.33. The van der Waals surface area contributed by atoms with Crippen LogP contribution in [0.2, 0.25) is 0 Å². The number of rotatable bonds is 5. The molecule has 0 unspecified atom stereocenters. The lowest BCUT2D eigenvalue weighted by Crippen LogP contribution is -2.00. The maximum atomic E-state index is 5.37. The van der Waals surface area contributed by atoms with Gasteiger partial charge in [0.15, 0.2) is 17.5 Å². The van der Waals surface area contributed by atoms with Gasteiger partial charge in [0.25, 0.3) is 0 Å². The fraction of sp³-hybridized carbons (Fsp3) is 0. The first-order valence-corrected chi connectivity index (χ1v) is 17.2. The highest BCUT2D eigenvalue weighted by atomic mass is 15.0. The van der Waals surface area contributed by atoms with Crippen LogP contribution in [0.3, 0.4) is 0 Å². The van der Waals surface area contributed by atoms with Gasteiger partial charge in [-0.05, 0) is 75.1 Å². The fourth-order valence-electron chi connectivity index (χ4n) is 7.27. The summed E-state index contributed by atoms with van der Waals surface area (Å²) in [5, 5.41) is 8.44. The molecule has 0 fully saturated rings. The van der Waals surface area contributed by atoms with Crippen molar-refractivity contribution in [1.29, 1.82) is 0 Å². The number of hydrogen-bond acceptors (Lipinski definition) is 6. The molecule has 0 atom stereocenters. The minimum atomic E-state index is 0.554. The molecular weight excluding hydrogens is 637 g/mol. The van der Waals surface area contributed by atoms with E-state index in [0.717, 1.165) is 55.4 Å². The van der Waals surface area contributed by atoms with Crippen molar-refractivity contribution in [2.45, 2.75) is 0 Å². The molecule has 0 aliphatic rings. The lowest BCUT2D eigenvalue weighted by Gasteiger charge is -2.16. The molecule has 4 heterocycles. The summed E-state index contributed by atoms with van der Waals surface area (Å²) in [6.07, 6.45) is 7.02. The van der Waals surface area contributed by atoms with E-state index in [1.807, 2.05) is 30.3 Å². The van der Waals surface area contributed by atoms with Gasteiger partial charge in [0, 0.05) is 63.2 Å². The molecule has 6 aromatic carbocycles. The topological polar surface area (TPSA) is 77.3 Å². The number of benzene rings is 6. The average Bonchev–Trinajstić information content (AvgIpc) is 3.24. The first-order chi connectivity index (χ1) is 25.8. The number of fused-ring (bicyclic) bond motifs is 8. The summed E-state index contributed by atoms with van der Waals surface area (Å²) in [7, 11) is 0. The molecule has 6 heteroatoms. The Balaban J connectivity index is 1.15. The van der Waals surface area contributed by atoms with Gasteiger partial charge < -0.3 is 0 Å². The molecule has 0 radical (unpaired) electrons. The molecule has 52 heavy (non-hydrogen) atoms. The summed E-state index contributed by atoms with van der Waals surface area (Å²) in [6.45, 7) is 0. The number of hydrogen-bond donors (Lipinski definition) is 0. The van der Waals surface area contributed by atoms with Crippen LogP contribution in [0.4, 0.5) is 0 Å². The van der Waals surface area contributed by atoms with E-state index in [2.05, 4.69) is 125 Å². The van der Waals surface area contributed by atoms with Gasteiger partial charge in [-0.3, -0.25) is 9.97 Å². The summed E-state index contributed by atoms with van der Waals surface area (Å²) in [6, 6.07) is 50.6. The van der Waals surface area contributed by atoms with Gasteiger partial charge in [-0.15, -0.1) is 0 Å². The summed E-state index contributed by atoms with van der Waals surface area (Å²) < 4.78 is 0. The summed E-state index contributed by atoms with van der Waals surface area (Å²) in [4.78, 5) is 28.6. The van der Waals surface area contributed by atoms with Gasteiger partial charge in [-0.2, -0.15) is 0 Å². The van der Waals surface area contributed by atoms with Gasteiger partial charge in [0.2, 0.25) is 0 Å². The van der Waals surface area contributed by atoms with E-state index in [1.54, 1.807) is 24.8 Å². The highest BCUT2D eigenvalue weighted by Crippen LogP contribution is 2.43. The van der Waals surface area contributed by atoms with E-state index < -0.39 is 0 Å². The van der Waals surface area contributed by atoms with Crippen LogP contribution in [0, 0.1) is 0 Å². The molecule has 0 saturated carbocycles. The minimum absolute atomic E-state index is 0.554. The maximum Gasteiger partial charge on any atom is 0.165 e. The SMILES string of the molecule is c1cncc(-c2nc(-c3cccnc3)nc(-c3cccc(-c4cccc(-c5nc6ccccc6c6c7ccccc7c7ccccc7c56)c4)c3)n2)c1. The number of pyridine rings is 3. The van der Waals surface area contributed by atoms with Crippen molar-refractivity contribution in [3.63, 3.8) is 0 Å². The Morgan fingerprint density at radius 3 is 1.37 bits per heavy atom. The standard InChI is InChI=1S/C46H28N6/c1-3-19-37-35(17-1)36-18-2-4-20-38(36)42-41(37)39-21-5-6-22-40(39)49-43(42)31-13-7-11-29(25-31)30-12-8-14-32(26-30)44-50-45(33-15-9-23-47-27-33)52-46(51-44)34-16-10-24-48-28-34/h1-28H. The first kappa shape index (κ1) is 29.7. The molecule has 0 amide bonds. The van der Waals surface area contributed by atoms with Crippen LogP contribution in [0.25, 0.3) is 99.8 Å². The fourth-order valence-corrected chi connectivity index (χ4v) is 7.27. The normalized spacial score (nSPS) is 11.5. The quantitative estimate of drug-likeness (QED) is 0.170. The van der Waals surface area contributed by atoms with Crippen molar-refractivity contribution < 1.29 is 0 Å². The average molecular weight is 665 g/mol. The van der Waals surface area contributed by atoms with Crippen LogP contribution in [-0.4, -0.2) is 29.9 Å². The largest absolute Gasteiger partial charge is 0.264 e. The Hall–Kier alpha value is -7.18. The first-order valence-electron chi connectivity index (χ1n) is 17.2. The van der Waals surface area contributed by atoms with Crippen molar-refractivity contribution in [2.75, 3.05) is 0 Å². The Morgan fingerprint density at radius 2 is 0.769 bits per heavy atom. The second-order valence-corrected chi connectivity index (χ2v) is 12.8. The predicted octanol–water partition coefficient (Wildman–Crippen LogP) is 11.0. The molecule has 0 spiro atoms. The van der Waals surface area contributed by atoms with E-state index in [0.29, 0.717) is 17.5 Å². The van der Waals surface area contributed by atoms with Crippen LogP contribution in [0.1, 0.15) is 0 Å². The number of aromatic nitrogens is 6. The van der Waals surface area contributed by atoms with Gasteiger partial charge in [-0.25, -0.2) is 19.9 Å². The van der Waals surface area contributed by atoms with Crippen molar-refractivity contribution in [3.8, 4) is 56.5 Å². The lowest BCUT2D eigenvalue weighted by molar-refractivity contribution is 1.07. The molecule has 6 nitrogen and oxygen atoms in total. The predicted molar refractivity (Wildman–Crippen MR) is 210 cm³/mol. The third kappa shape index (κ3) is 5.05. The zero-order chi connectivity index (χ0) is 34.4. The number of nitrogens with zero attached hydrogens (tertiary/aromatic N) is 6. The van der Waals surface area contributed by atoms with E-state index in [-0.39, 0.29) is 0 Å². The zero-order valence-corrected chi connectivity index (χ0v) is 27.8. The molecule has 0 aliphatic heterocycles. The van der Waals surface area contributed by atoms with Gasteiger partial charge in [0.1, 0.15) is 0 Å². The monoisotopic (exact) mass is 664 g/mol. The molecule has 242 valence electrons. The van der Waals surface area contributed by atoms with Crippen molar-refractivity contribution >= 4 is 43.2 Å². The van der Waals surface area contributed by atoms with Crippen molar-refractivity contribution in [1.82, 2.24) is 29.9 Å². The van der Waals surface area contributed by atoms with Crippen LogP contribution in [0.5, 0.6) is 0 Å². The molecular formula is C46H28N6. The van der Waals surface area contributed by atoms with Gasteiger partial charge in [0.05, 0.1) is 11.2 Å². The molecule has 0 N–H and O–H groups in total. The van der Waals surface area contributed by atoms with E-state index in [1.165, 1.54) is 26.9 Å². The summed E-state index contributed by atoms with van der Waals surface area (Å²) >= 11 is 0. The third-order valence-electron chi connectivity index (χ3n) is 9.64. The van der Waals surface area contributed by atoms with E-state index in [4.69, 9.17) is 19.9 Å². The Morgan fingerprint density at radius 1 is 0.308 bits per heavy atom. The van der Waals surface area contributed by atoms with Crippen LogP contribution < -0.4 is 0 Å². The van der Waals surface area contributed by atoms with Crippen molar-refractivity contribution in [3.05, 3.63) is 170 Å². The third-order valence-corrected chi connectivity index (χ3v) is 9.64. The molecule has 4 aromatic heterocycles. The molecule has 0 saturated heterocycles. The van der Waals surface area contributed by atoms with E-state index in [9.17, 15) is 0 Å². The van der Waals surface area contributed by atoms with Gasteiger partial charge >= 0.3 is 0 Å². The Kier molecular flexibility index (Phi) is 7.03. The van der Waals surface area contributed by atoms with Crippen molar-refractivity contribution in [2.24, 2.45) is 0 Å². The molecule has 0 bridgehead atoms. The smallest absolute Gasteiger partial charge is 0.165 e. The summed E-state index contributed by atoms with van der Waals surface area (Å²) in [5.74, 6) is 1.68. The second kappa shape index (κ2) is 12.3.